The van der Waals surface area contributed by atoms with Crippen LogP contribution in [0.5, 0.6) is 5.75 Å². The molecule has 2 atom stereocenters. The van der Waals surface area contributed by atoms with Crippen LogP contribution in [0.1, 0.15) is 34.0 Å². The lowest BCUT2D eigenvalue weighted by Gasteiger charge is -2.47. The topological polar surface area (TPSA) is 65.6 Å². The molecular weight excluding hydrogens is 450 g/mol. The van der Waals surface area contributed by atoms with Crippen LogP contribution in [0.15, 0.2) is 72.8 Å². The largest absolute Gasteiger partial charge is 0.497 e. The summed E-state index contributed by atoms with van der Waals surface area (Å²) in [5.41, 5.74) is 6.48. The van der Waals surface area contributed by atoms with E-state index >= 15 is 0 Å². The van der Waals surface area contributed by atoms with Gasteiger partial charge in [0, 0.05) is 29.6 Å². The molecule has 0 radical (unpaired) electrons. The smallest absolute Gasteiger partial charge is 0.246 e. The minimum Gasteiger partial charge on any atom is -0.497 e. The number of aryl methyl sites for hydroxylation is 1. The summed E-state index contributed by atoms with van der Waals surface area (Å²) in [6.45, 7) is 2.67. The number of nitrogens with zero attached hydrogens (tertiary/aromatic N) is 2. The number of fused-ring (bicyclic) bond motifs is 4. The number of rotatable bonds is 5. The number of nitrogens with one attached hydrogen (secondary N) is 1. The van der Waals surface area contributed by atoms with Crippen molar-refractivity contribution in [1.82, 2.24) is 14.8 Å². The maximum atomic E-state index is 13.8. The highest BCUT2D eigenvalue weighted by molar-refractivity contribution is 5.97. The lowest BCUT2D eigenvalue weighted by molar-refractivity contribution is -0.158. The van der Waals surface area contributed by atoms with Gasteiger partial charge in [0.2, 0.25) is 11.8 Å². The van der Waals surface area contributed by atoms with Gasteiger partial charge in [-0.15, -0.1) is 0 Å². The van der Waals surface area contributed by atoms with Crippen LogP contribution in [0.25, 0.3) is 10.9 Å². The molecule has 3 heterocycles. The van der Waals surface area contributed by atoms with Gasteiger partial charge in [-0.25, -0.2) is 0 Å². The Hall–Kier alpha value is -4.06. The quantitative estimate of drug-likeness (QED) is 0.461. The van der Waals surface area contributed by atoms with Crippen molar-refractivity contribution in [3.8, 4) is 5.75 Å². The van der Waals surface area contributed by atoms with Gasteiger partial charge in [-0.05, 0) is 48.2 Å². The van der Waals surface area contributed by atoms with E-state index in [0.29, 0.717) is 19.4 Å². The SMILES string of the molecule is COc1ccc(CCN2CC(=O)N3C(Cc4c([nH]c5ccccc45)C3c3ccc(C)cc3)C2=O)cc1. The maximum Gasteiger partial charge on any atom is 0.246 e. The molecule has 2 aliphatic rings. The van der Waals surface area contributed by atoms with Gasteiger partial charge in [0.1, 0.15) is 11.8 Å². The molecule has 4 aromatic rings. The standard InChI is InChI=1S/C30H29N3O3/c1-19-7-11-21(12-8-19)29-28-24(23-5-3-4-6-25(23)31-28)17-26-30(35)32(18-27(34)33(26)29)16-15-20-9-13-22(36-2)14-10-20/h3-14,26,29,31H,15-18H2,1-2H3. The number of ether oxygens (including phenoxy) is 1. The molecular formula is C30H29N3O3. The fraction of sp³-hybridized carbons (Fsp3) is 0.267. The summed E-state index contributed by atoms with van der Waals surface area (Å²) in [6.07, 6.45) is 1.21. The van der Waals surface area contributed by atoms with Crippen molar-refractivity contribution in [1.29, 1.82) is 0 Å². The molecule has 2 aliphatic heterocycles. The first-order chi connectivity index (χ1) is 17.5. The van der Waals surface area contributed by atoms with Crippen LogP contribution >= 0.6 is 0 Å². The van der Waals surface area contributed by atoms with E-state index in [1.165, 1.54) is 0 Å². The second-order valence-electron chi connectivity index (χ2n) is 9.75. The number of H-pyrrole nitrogens is 1. The second-order valence-corrected chi connectivity index (χ2v) is 9.75. The lowest BCUT2D eigenvalue weighted by atomic mass is 9.86. The summed E-state index contributed by atoms with van der Waals surface area (Å²) >= 11 is 0. The van der Waals surface area contributed by atoms with E-state index < -0.39 is 6.04 Å². The van der Waals surface area contributed by atoms with E-state index in [2.05, 4.69) is 48.3 Å². The minimum absolute atomic E-state index is 0.00999. The molecule has 6 rings (SSSR count). The van der Waals surface area contributed by atoms with Crippen molar-refractivity contribution in [2.45, 2.75) is 31.8 Å². The molecule has 0 saturated carbocycles. The van der Waals surface area contributed by atoms with E-state index in [1.807, 2.05) is 41.3 Å². The molecule has 3 aromatic carbocycles. The molecule has 2 unspecified atom stereocenters. The molecule has 1 fully saturated rings. The van der Waals surface area contributed by atoms with Gasteiger partial charge in [-0.1, -0.05) is 60.2 Å². The molecule has 0 spiro atoms. The van der Waals surface area contributed by atoms with Crippen LogP contribution in [0, 0.1) is 6.92 Å². The van der Waals surface area contributed by atoms with E-state index in [4.69, 9.17) is 4.74 Å². The molecule has 1 N–H and O–H groups in total. The number of amides is 2. The number of para-hydroxylation sites is 1. The number of piperazine rings is 1. The molecule has 1 aromatic heterocycles. The number of carbonyl (C=O) groups is 2. The Morgan fingerprint density at radius 2 is 1.72 bits per heavy atom. The summed E-state index contributed by atoms with van der Waals surface area (Å²) < 4.78 is 5.24. The number of hydrogen-bond acceptors (Lipinski definition) is 3. The molecule has 6 nitrogen and oxygen atoms in total. The van der Waals surface area contributed by atoms with Gasteiger partial charge in [0.05, 0.1) is 19.7 Å². The third-order valence-electron chi connectivity index (χ3n) is 7.56. The fourth-order valence-corrected chi connectivity index (χ4v) is 5.66. The Bertz CT molecular complexity index is 1440. The Morgan fingerprint density at radius 1 is 0.972 bits per heavy atom. The fourth-order valence-electron chi connectivity index (χ4n) is 5.66. The van der Waals surface area contributed by atoms with Crippen LogP contribution < -0.4 is 4.74 Å². The summed E-state index contributed by atoms with van der Waals surface area (Å²) in [7, 11) is 1.64. The zero-order chi connectivity index (χ0) is 24.8. The number of carbonyl (C=O) groups excluding carboxylic acids is 2. The van der Waals surface area contributed by atoms with Crippen molar-refractivity contribution in [3.05, 3.63) is 101 Å². The number of aromatic amines is 1. The van der Waals surface area contributed by atoms with E-state index in [-0.39, 0.29) is 24.4 Å². The van der Waals surface area contributed by atoms with Gasteiger partial charge in [0.25, 0.3) is 0 Å². The Labute approximate surface area is 210 Å². The summed E-state index contributed by atoms with van der Waals surface area (Å²) in [5.74, 6) is 0.817. The summed E-state index contributed by atoms with van der Waals surface area (Å²) in [5, 5.41) is 1.12. The zero-order valence-electron chi connectivity index (χ0n) is 20.5. The van der Waals surface area contributed by atoms with E-state index in [9.17, 15) is 9.59 Å². The first-order valence-corrected chi connectivity index (χ1v) is 12.4. The molecule has 1 saturated heterocycles. The average Bonchev–Trinajstić information content (AvgIpc) is 3.28. The van der Waals surface area contributed by atoms with Gasteiger partial charge >= 0.3 is 0 Å². The summed E-state index contributed by atoms with van der Waals surface area (Å²) in [4.78, 5) is 34.6. The monoisotopic (exact) mass is 479 g/mol. The van der Waals surface area contributed by atoms with Gasteiger partial charge < -0.3 is 19.5 Å². The Morgan fingerprint density at radius 3 is 2.47 bits per heavy atom. The first kappa shape index (κ1) is 22.4. The third kappa shape index (κ3) is 3.73. The molecule has 182 valence electrons. The van der Waals surface area contributed by atoms with Crippen LogP contribution in [0.3, 0.4) is 0 Å². The van der Waals surface area contributed by atoms with Crippen LogP contribution in [-0.2, 0) is 22.4 Å². The number of aromatic nitrogens is 1. The van der Waals surface area contributed by atoms with Gasteiger partial charge in [-0.3, -0.25) is 9.59 Å². The Kier molecular flexibility index (Phi) is 5.52. The average molecular weight is 480 g/mol. The van der Waals surface area contributed by atoms with Gasteiger partial charge in [0.15, 0.2) is 0 Å². The maximum absolute atomic E-state index is 13.8. The molecule has 2 amide bonds. The normalized spacial score (nSPS) is 19.4. The molecule has 0 aliphatic carbocycles. The molecule has 36 heavy (non-hydrogen) atoms. The second kappa shape index (κ2) is 8.86. The van der Waals surface area contributed by atoms with Crippen molar-refractivity contribution in [3.63, 3.8) is 0 Å². The predicted octanol–water partition coefficient (Wildman–Crippen LogP) is 4.41. The van der Waals surface area contributed by atoms with Crippen molar-refractivity contribution in [2.75, 3.05) is 20.2 Å². The Balaban J connectivity index is 1.35. The van der Waals surface area contributed by atoms with Crippen molar-refractivity contribution >= 4 is 22.7 Å². The minimum atomic E-state index is -0.514. The van der Waals surface area contributed by atoms with Gasteiger partial charge in [-0.2, -0.15) is 0 Å². The highest BCUT2D eigenvalue weighted by atomic mass is 16.5. The molecule has 6 heteroatoms. The van der Waals surface area contributed by atoms with Crippen molar-refractivity contribution < 1.29 is 14.3 Å². The van der Waals surface area contributed by atoms with Crippen LogP contribution in [-0.4, -0.2) is 52.8 Å². The highest BCUT2D eigenvalue weighted by Gasteiger charge is 2.48. The highest BCUT2D eigenvalue weighted by Crippen LogP contribution is 2.42. The lowest BCUT2D eigenvalue weighted by Crippen LogP contribution is -2.63. The predicted molar refractivity (Wildman–Crippen MR) is 139 cm³/mol. The summed E-state index contributed by atoms with van der Waals surface area (Å²) in [6, 6.07) is 23.5. The van der Waals surface area contributed by atoms with Crippen LogP contribution in [0.4, 0.5) is 0 Å². The van der Waals surface area contributed by atoms with E-state index in [1.54, 1.807) is 12.0 Å². The van der Waals surface area contributed by atoms with E-state index in [0.717, 1.165) is 44.6 Å². The van der Waals surface area contributed by atoms with Crippen molar-refractivity contribution in [2.24, 2.45) is 0 Å². The number of benzene rings is 3. The third-order valence-corrected chi connectivity index (χ3v) is 7.56. The zero-order valence-corrected chi connectivity index (χ0v) is 20.5. The number of methoxy groups -OCH3 is 1. The number of hydrogen-bond donors (Lipinski definition) is 1. The van der Waals surface area contributed by atoms with Crippen LogP contribution in [0.2, 0.25) is 0 Å². The molecule has 0 bridgehead atoms. The first-order valence-electron chi connectivity index (χ1n) is 12.4.